The van der Waals surface area contributed by atoms with E-state index in [1.165, 1.54) is 17.6 Å². The van der Waals surface area contributed by atoms with Crippen LogP contribution in [0.5, 0.6) is 0 Å². The first kappa shape index (κ1) is 12.4. The highest BCUT2D eigenvalue weighted by atomic mass is 14.6. The molecule has 0 bridgehead atoms. The van der Waals surface area contributed by atoms with Gasteiger partial charge >= 0.3 is 0 Å². The van der Waals surface area contributed by atoms with Crippen molar-refractivity contribution in [1.29, 1.82) is 0 Å². The van der Waals surface area contributed by atoms with Crippen LogP contribution in [0.3, 0.4) is 0 Å². The minimum atomic E-state index is 0.627. The fourth-order valence-corrected chi connectivity index (χ4v) is 1.31. The third-order valence-corrected chi connectivity index (χ3v) is 2.73. The lowest BCUT2D eigenvalue weighted by Crippen LogP contribution is -2.05. The summed E-state index contributed by atoms with van der Waals surface area (Å²) in [5.74, 6) is 1.26. The molecule has 0 spiro atoms. The van der Waals surface area contributed by atoms with Crippen molar-refractivity contribution in [3.8, 4) is 0 Å². The maximum atomic E-state index is 4.13. The van der Waals surface area contributed by atoms with Crippen LogP contribution in [0.1, 0.15) is 41.0 Å². The Hall–Kier alpha value is -0.590. The van der Waals surface area contributed by atoms with Gasteiger partial charge in [-0.3, -0.25) is 4.99 Å². The van der Waals surface area contributed by atoms with E-state index in [0.29, 0.717) is 11.8 Å². The van der Waals surface area contributed by atoms with Crippen LogP contribution in [0.15, 0.2) is 16.1 Å². The zero-order valence-electron chi connectivity index (χ0n) is 9.89. The molecule has 1 nitrogen and oxygen atoms in total. The van der Waals surface area contributed by atoms with E-state index in [0.717, 1.165) is 0 Å². The van der Waals surface area contributed by atoms with Crippen LogP contribution in [-0.2, 0) is 0 Å². The zero-order valence-corrected chi connectivity index (χ0v) is 9.89. The molecule has 0 aromatic rings. The number of rotatable bonds is 4. The minimum Gasteiger partial charge on any atom is -0.296 e. The first-order valence-electron chi connectivity index (χ1n) is 5.17. The van der Waals surface area contributed by atoms with E-state index < -0.39 is 0 Å². The van der Waals surface area contributed by atoms with E-state index in [9.17, 15) is 0 Å². The Bertz CT molecular complexity index is 199. The van der Waals surface area contributed by atoms with Gasteiger partial charge in [0.2, 0.25) is 0 Å². The Kier molecular flexibility index (Phi) is 5.68. The number of allylic oxidation sites excluding steroid dienone is 2. The van der Waals surface area contributed by atoms with Crippen LogP contribution >= 0.6 is 0 Å². The molecule has 0 saturated carbocycles. The number of aliphatic imine (C=N–C) groups is 1. The normalized spacial score (nSPS) is 16.5. The molecule has 0 radical (unpaired) electrons. The molecule has 0 heterocycles. The molecule has 0 fully saturated rings. The smallest absolute Gasteiger partial charge is 0.0277 e. The van der Waals surface area contributed by atoms with Crippen molar-refractivity contribution in [2.75, 3.05) is 7.05 Å². The first-order chi connectivity index (χ1) is 6.04. The molecule has 76 valence electrons. The van der Waals surface area contributed by atoms with Crippen molar-refractivity contribution in [3.05, 3.63) is 11.1 Å². The second-order valence-corrected chi connectivity index (χ2v) is 3.99. The second-order valence-electron chi connectivity index (χ2n) is 3.99. The molecule has 0 aliphatic carbocycles. The first-order valence-corrected chi connectivity index (χ1v) is 5.17. The molecule has 0 aromatic carbocycles. The maximum Gasteiger partial charge on any atom is 0.0277 e. The van der Waals surface area contributed by atoms with Crippen molar-refractivity contribution >= 4 is 6.21 Å². The van der Waals surface area contributed by atoms with Crippen molar-refractivity contribution in [3.63, 3.8) is 0 Å². The summed E-state index contributed by atoms with van der Waals surface area (Å²) in [4.78, 5) is 4.13. The van der Waals surface area contributed by atoms with Gasteiger partial charge in [0.05, 0.1) is 0 Å². The summed E-state index contributed by atoms with van der Waals surface area (Å²) in [6.07, 6.45) is 3.20. The van der Waals surface area contributed by atoms with Crippen LogP contribution in [0.4, 0.5) is 0 Å². The van der Waals surface area contributed by atoms with E-state index in [2.05, 4.69) is 39.6 Å². The summed E-state index contributed by atoms with van der Waals surface area (Å²) < 4.78 is 0. The van der Waals surface area contributed by atoms with Gasteiger partial charge in [0.15, 0.2) is 0 Å². The minimum absolute atomic E-state index is 0.627. The Balaban J connectivity index is 4.87. The van der Waals surface area contributed by atoms with Gasteiger partial charge in [-0.1, -0.05) is 33.3 Å². The average molecular weight is 181 g/mol. The Morgan fingerprint density at radius 2 is 1.85 bits per heavy atom. The summed E-state index contributed by atoms with van der Waals surface area (Å²) in [5.41, 5.74) is 2.89. The van der Waals surface area contributed by atoms with Gasteiger partial charge in [-0.15, -0.1) is 0 Å². The molecule has 0 amide bonds. The molecule has 1 atom stereocenters. The zero-order chi connectivity index (χ0) is 10.4. The maximum absolute atomic E-state index is 4.13. The van der Waals surface area contributed by atoms with E-state index >= 15 is 0 Å². The van der Waals surface area contributed by atoms with Crippen LogP contribution in [0.25, 0.3) is 0 Å². The molecule has 0 rings (SSSR count). The predicted octanol–water partition coefficient (Wildman–Crippen LogP) is 3.71. The van der Waals surface area contributed by atoms with Crippen LogP contribution in [0.2, 0.25) is 0 Å². The predicted molar refractivity (Wildman–Crippen MR) is 61.4 cm³/mol. The number of hydrogen-bond donors (Lipinski definition) is 0. The quantitative estimate of drug-likeness (QED) is 0.586. The lowest BCUT2D eigenvalue weighted by molar-refractivity contribution is 0.650. The SMILES string of the molecule is CCC(C)C(/C=N\C)=C(/C)C(C)C. The molecule has 0 saturated heterocycles. The molecule has 1 unspecified atom stereocenters. The summed E-state index contributed by atoms with van der Waals surface area (Å²) >= 11 is 0. The molecule has 0 aliphatic heterocycles. The van der Waals surface area contributed by atoms with Crippen LogP contribution < -0.4 is 0 Å². The molecule has 13 heavy (non-hydrogen) atoms. The highest BCUT2D eigenvalue weighted by molar-refractivity contribution is 5.80. The summed E-state index contributed by atoms with van der Waals surface area (Å²) in [6, 6.07) is 0. The number of nitrogens with zero attached hydrogens (tertiary/aromatic N) is 1. The largest absolute Gasteiger partial charge is 0.296 e. The molecule has 1 heteroatoms. The molecule has 0 aromatic heterocycles. The second kappa shape index (κ2) is 5.95. The highest BCUT2D eigenvalue weighted by Crippen LogP contribution is 2.21. The van der Waals surface area contributed by atoms with Crippen LogP contribution in [-0.4, -0.2) is 13.3 Å². The van der Waals surface area contributed by atoms with Gasteiger partial charge in [-0.2, -0.15) is 0 Å². The van der Waals surface area contributed by atoms with E-state index in [4.69, 9.17) is 0 Å². The Labute approximate surface area is 83.0 Å². The summed E-state index contributed by atoms with van der Waals surface area (Å²) in [6.45, 7) is 11.2. The molecular formula is C12H23N. The highest BCUT2D eigenvalue weighted by Gasteiger charge is 2.09. The summed E-state index contributed by atoms with van der Waals surface area (Å²) in [7, 11) is 1.84. The lowest BCUT2D eigenvalue weighted by atomic mass is 9.90. The van der Waals surface area contributed by atoms with Gasteiger partial charge in [0.1, 0.15) is 0 Å². The standard InChI is InChI=1S/C12H23N/c1-7-10(4)12(8-13-6)11(5)9(2)3/h8-10H,7H2,1-6H3/b12-11-,13-8-. The number of hydrogen-bond acceptors (Lipinski definition) is 1. The van der Waals surface area contributed by atoms with E-state index in [1.54, 1.807) is 0 Å². The Morgan fingerprint density at radius 3 is 2.15 bits per heavy atom. The molecular weight excluding hydrogens is 158 g/mol. The lowest BCUT2D eigenvalue weighted by Gasteiger charge is -2.16. The van der Waals surface area contributed by atoms with Gasteiger partial charge in [0.25, 0.3) is 0 Å². The summed E-state index contributed by atoms with van der Waals surface area (Å²) in [5, 5.41) is 0. The third-order valence-electron chi connectivity index (χ3n) is 2.73. The van der Waals surface area contributed by atoms with E-state index in [1.807, 2.05) is 13.3 Å². The van der Waals surface area contributed by atoms with Crippen LogP contribution in [0, 0.1) is 11.8 Å². The van der Waals surface area contributed by atoms with Crippen molar-refractivity contribution in [2.24, 2.45) is 16.8 Å². The van der Waals surface area contributed by atoms with Gasteiger partial charge in [-0.05, 0) is 30.8 Å². The average Bonchev–Trinajstić information content (AvgIpc) is 2.11. The van der Waals surface area contributed by atoms with Crippen molar-refractivity contribution in [2.45, 2.75) is 41.0 Å². The topological polar surface area (TPSA) is 12.4 Å². The monoisotopic (exact) mass is 181 g/mol. The molecule has 0 aliphatic rings. The van der Waals surface area contributed by atoms with E-state index in [-0.39, 0.29) is 0 Å². The van der Waals surface area contributed by atoms with Gasteiger partial charge < -0.3 is 0 Å². The fraction of sp³-hybridized carbons (Fsp3) is 0.750. The molecule has 0 N–H and O–H groups in total. The van der Waals surface area contributed by atoms with Crippen molar-refractivity contribution < 1.29 is 0 Å². The van der Waals surface area contributed by atoms with Crippen molar-refractivity contribution in [1.82, 2.24) is 0 Å². The van der Waals surface area contributed by atoms with Gasteiger partial charge in [0, 0.05) is 13.3 Å². The fourth-order valence-electron chi connectivity index (χ4n) is 1.31. The van der Waals surface area contributed by atoms with Gasteiger partial charge in [-0.25, -0.2) is 0 Å². The third kappa shape index (κ3) is 3.75. The Morgan fingerprint density at radius 1 is 1.31 bits per heavy atom.